The van der Waals surface area contributed by atoms with Gasteiger partial charge in [0.2, 0.25) is 0 Å². The van der Waals surface area contributed by atoms with Crippen LogP contribution in [-0.2, 0) is 17.3 Å². The standard InChI is InChI=1S/C17H23NO2/c1-10(2)12-7-8-14-13(9-12)15(11(3)18(14)6)17(4,5)16(19)20/h7-10H,1-6H3,(H,19,20). The molecule has 20 heavy (non-hydrogen) atoms. The molecular weight excluding hydrogens is 250 g/mol. The molecule has 0 unspecified atom stereocenters. The van der Waals surface area contributed by atoms with Gasteiger partial charge >= 0.3 is 5.97 Å². The maximum atomic E-state index is 11.6. The van der Waals surface area contributed by atoms with Crippen LogP contribution in [0.5, 0.6) is 0 Å². The van der Waals surface area contributed by atoms with Crippen molar-refractivity contribution in [2.75, 3.05) is 0 Å². The normalized spacial score (nSPS) is 12.3. The van der Waals surface area contributed by atoms with E-state index in [-0.39, 0.29) is 0 Å². The third-order valence-corrected chi connectivity index (χ3v) is 4.34. The molecule has 2 aromatic rings. The molecule has 0 aliphatic heterocycles. The molecule has 0 radical (unpaired) electrons. The van der Waals surface area contributed by atoms with Gasteiger partial charge < -0.3 is 9.67 Å². The fraction of sp³-hybridized carbons (Fsp3) is 0.471. The number of fused-ring (bicyclic) bond motifs is 1. The average Bonchev–Trinajstić information content (AvgIpc) is 2.61. The first-order valence-corrected chi connectivity index (χ1v) is 7.00. The van der Waals surface area contributed by atoms with Gasteiger partial charge in [-0.25, -0.2) is 0 Å². The Kier molecular flexibility index (Phi) is 3.41. The van der Waals surface area contributed by atoms with E-state index in [1.54, 1.807) is 13.8 Å². The molecule has 1 heterocycles. The van der Waals surface area contributed by atoms with Gasteiger partial charge in [0, 0.05) is 23.6 Å². The number of hydrogen-bond donors (Lipinski definition) is 1. The Morgan fingerprint density at radius 2 is 1.90 bits per heavy atom. The highest BCUT2D eigenvalue weighted by atomic mass is 16.4. The van der Waals surface area contributed by atoms with E-state index in [2.05, 4.69) is 36.6 Å². The summed E-state index contributed by atoms with van der Waals surface area (Å²) in [4.78, 5) is 11.6. The Labute approximate surface area is 120 Å². The van der Waals surface area contributed by atoms with Gasteiger partial charge in [0.1, 0.15) is 0 Å². The van der Waals surface area contributed by atoms with Gasteiger partial charge in [-0.1, -0.05) is 19.9 Å². The second-order valence-corrected chi connectivity index (χ2v) is 6.38. The van der Waals surface area contributed by atoms with Crippen molar-refractivity contribution in [1.29, 1.82) is 0 Å². The number of carboxylic acid groups (broad SMARTS) is 1. The summed E-state index contributed by atoms with van der Waals surface area (Å²) in [6, 6.07) is 6.37. The number of aryl methyl sites for hydroxylation is 1. The first kappa shape index (κ1) is 14.6. The van der Waals surface area contributed by atoms with Crippen LogP contribution in [0.3, 0.4) is 0 Å². The molecule has 2 rings (SSSR count). The number of aromatic nitrogens is 1. The monoisotopic (exact) mass is 273 g/mol. The molecular formula is C17H23NO2. The Morgan fingerprint density at radius 3 is 2.40 bits per heavy atom. The van der Waals surface area contributed by atoms with Crippen LogP contribution in [0, 0.1) is 6.92 Å². The third kappa shape index (κ3) is 2.01. The number of nitrogens with zero attached hydrogens (tertiary/aromatic N) is 1. The number of carbonyl (C=O) groups is 1. The summed E-state index contributed by atoms with van der Waals surface area (Å²) in [5.74, 6) is -0.358. The highest BCUT2D eigenvalue weighted by Gasteiger charge is 2.34. The van der Waals surface area contributed by atoms with Crippen molar-refractivity contribution < 1.29 is 9.90 Å². The number of benzene rings is 1. The lowest BCUT2D eigenvalue weighted by molar-refractivity contribution is -0.142. The molecule has 0 bridgehead atoms. The minimum Gasteiger partial charge on any atom is -0.481 e. The van der Waals surface area contributed by atoms with E-state index >= 15 is 0 Å². The summed E-state index contributed by atoms with van der Waals surface area (Å²) in [7, 11) is 1.99. The van der Waals surface area contributed by atoms with Crippen molar-refractivity contribution in [2.24, 2.45) is 7.05 Å². The Balaban J connectivity index is 2.85. The average molecular weight is 273 g/mol. The van der Waals surface area contributed by atoms with Gasteiger partial charge in [0.25, 0.3) is 0 Å². The molecule has 108 valence electrons. The van der Waals surface area contributed by atoms with E-state index < -0.39 is 11.4 Å². The van der Waals surface area contributed by atoms with Crippen molar-refractivity contribution >= 4 is 16.9 Å². The molecule has 0 fully saturated rings. The molecule has 0 aliphatic rings. The first-order chi connectivity index (χ1) is 9.17. The summed E-state index contributed by atoms with van der Waals surface area (Å²) in [6.07, 6.45) is 0. The highest BCUT2D eigenvalue weighted by molar-refractivity contribution is 5.93. The van der Waals surface area contributed by atoms with E-state index in [1.165, 1.54) is 5.56 Å². The number of aliphatic carboxylic acids is 1. The predicted octanol–water partition coefficient (Wildman–Crippen LogP) is 3.97. The Bertz CT molecular complexity index is 678. The van der Waals surface area contributed by atoms with Crippen LogP contribution in [0.2, 0.25) is 0 Å². The molecule has 1 aromatic carbocycles. The fourth-order valence-electron chi connectivity index (χ4n) is 2.84. The first-order valence-electron chi connectivity index (χ1n) is 7.00. The van der Waals surface area contributed by atoms with Crippen molar-refractivity contribution in [2.45, 2.75) is 46.0 Å². The van der Waals surface area contributed by atoms with Gasteiger partial charge in [0.05, 0.1) is 5.41 Å². The molecule has 3 heteroatoms. The minimum absolute atomic E-state index is 0.431. The maximum Gasteiger partial charge on any atom is 0.313 e. The summed E-state index contributed by atoms with van der Waals surface area (Å²) in [6.45, 7) is 9.85. The summed E-state index contributed by atoms with van der Waals surface area (Å²) >= 11 is 0. The molecule has 1 aromatic heterocycles. The van der Waals surface area contributed by atoms with E-state index in [0.717, 1.165) is 22.2 Å². The smallest absolute Gasteiger partial charge is 0.313 e. The molecule has 3 nitrogen and oxygen atoms in total. The van der Waals surface area contributed by atoms with Crippen LogP contribution in [0.1, 0.15) is 50.4 Å². The van der Waals surface area contributed by atoms with E-state index in [4.69, 9.17) is 0 Å². The van der Waals surface area contributed by atoms with Crippen LogP contribution < -0.4 is 0 Å². The zero-order valence-corrected chi connectivity index (χ0v) is 13.1. The molecule has 0 atom stereocenters. The number of hydrogen-bond acceptors (Lipinski definition) is 1. The molecule has 0 saturated carbocycles. The molecule has 0 amide bonds. The van der Waals surface area contributed by atoms with Gasteiger partial charge in [-0.05, 0) is 49.9 Å². The molecule has 0 spiro atoms. The van der Waals surface area contributed by atoms with Crippen LogP contribution in [0.15, 0.2) is 18.2 Å². The van der Waals surface area contributed by atoms with Crippen LogP contribution >= 0.6 is 0 Å². The number of rotatable bonds is 3. The van der Waals surface area contributed by atoms with E-state index in [9.17, 15) is 9.90 Å². The van der Waals surface area contributed by atoms with Crippen molar-refractivity contribution in [3.63, 3.8) is 0 Å². The van der Waals surface area contributed by atoms with Gasteiger partial charge in [-0.2, -0.15) is 0 Å². The topological polar surface area (TPSA) is 42.2 Å². The minimum atomic E-state index is -0.890. The van der Waals surface area contributed by atoms with Crippen LogP contribution in [-0.4, -0.2) is 15.6 Å². The Morgan fingerprint density at radius 1 is 1.30 bits per heavy atom. The van der Waals surface area contributed by atoms with Crippen LogP contribution in [0.4, 0.5) is 0 Å². The Hall–Kier alpha value is -1.77. The lowest BCUT2D eigenvalue weighted by atomic mass is 9.82. The number of carboxylic acids is 1. The lowest BCUT2D eigenvalue weighted by Crippen LogP contribution is -2.29. The lowest BCUT2D eigenvalue weighted by Gasteiger charge is -2.20. The predicted molar refractivity (Wildman–Crippen MR) is 82.4 cm³/mol. The third-order valence-electron chi connectivity index (χ3n) is 4.34. The van der Waals surface area contributed by atoms with Gasteiger partial charge in [-0.15, -0.1) is 0 Å². The van der Waals surface area contributed by atoms with Gasteiger partial charge in [-0.3, -0.25) is 4.79 Å². The second-order valence-electron chi connectivity index (χ2n) is 6.38. The van der Waals surface area contributed by atoms with Crippen molar-refractivity contribution in [3.05, 3.63) is 35.0 Å². The largest absolute Gasteiger partial charge is 0.481 e. The van der Waals surface area contributed by atoms with Crippen LogP contribution in [0.25, 0.3) is 10.9 Å². The SMILES string of the molecule is Cc1c(C(C)(C)C(=O)O)c2cc(C(C)C)ccc2n1C. The molecule has 1 N–H and O–H groups in total. The quantitative estimate of drug-likeness (QED) is 0.919. The zero-order chi connectivity index (χ0) is 15.2. The summed E-state index contributed by atoms with van der Waals surface area (Å²) in [5.41, 5.74) is 3.39. The van der Waals surface area contributed by atoms with Gasteiger partial charge in [0.15, 0.2) is 0 Å². The van der Waals surface area contributed by atoms with E-state index in [1.807, 2.05) is 14.0 Å². The molecule has 0 saturated heterocycles. The van der Waals surface area contributed by atoms with Crippen molar-refractivity contribution in [3.8, 4) is 0 Å². The zero-order valence-electron chi connectivity index (χ0n) is 13.1. The molecule has 0 aliphatic carbocycles. The summed E-state index contributed by atoms with van der Waals surface area (Å²) < 4.78 is 2.08. The highest BCUT2D eigenvalue weighted by Crippen LogP contribution is 2.36. The summed E-state index contributed by atoms with van der Waals surface area (Å²) in [5, 5.41) is 10.6. The van der Waals surface area contributed by atoms with E-state index in [0.29, 0.717) is 5.92 Å². The van der Waals surface area contributed by atoms with Crippen molar-refractivity contribution in [1.82, 2.24) is 4.57 Å². The second kappa shape index (κ2) is 4.65. The maximum absolute atomic E-state index is 11.6. The fourth-order valence-corrected chi connectivity index (χ4v) is 2.84.